The number of nitrogens with zero attached hydrogens (tertiary/aromatic N) is 1. The first-order valence-corrected chi connectivity index (χ1v) is 7.40. The fourth-order valence-electron chi connectivity index (χ4n) is 2.60. The molecule has 1 unspecified atom stereocenters. The van der Waals surface area contributed by atoms with E-state index in [2.05, 4.69) is 36.5 Å². The third-order valence-corrected chi connectivity index (χ3v) is 3.72. The molecule has 1 amide bonds. The van der Waals surface area contributed by atoms with Crippen LogP contribution in [0.3, 0.4) is 0 Å². The number of benzene rings is 1. The summed E-state index contributed by atoms with van der Waals surface area (Å²) in [5, 5.41) is 3.24. The lowest BCUT2D eigenvalue weighted by Crippen LogP contribution is -2.38. The van der Waals surface area contributed by atoms with Crippen molar-refractivity contribution in [1.82, 2.24) is 5.32 Å². The van der Waals surface area contributed by atoms with Crippen molar-refractivity contribution in [3.63, 3.8) is 0 Å². The van der Waals surface area contributed by atoms with Gasteiger partial charge in [0, 0.05) is 12.2 Å². The molecular weight excluding hydrogens is 236 g/mol. The molecule has 0 aliphatic carbocycles. The average Bonchev–Trinajstić information content (AvgIpc) is 2.79. The number of hydrogen-bond donors (Lipinski definition) is 1. The van der Waals surface area contributed by atoms with Crippen LogP contribution in [0.25, 0.3) is 0 Å². The number of carbonyl (C=O) groups is 1. The molecule has 1 N–H and O–H groups in total. The molecule has 1 aliphatic rings. The summed E-state index contributed by atoms with van der Waals surface area (Å²) >= 11 is 0. The summed E-state index contributed by atoms with van der Waals surface area (Å²) in [6.07, 6.45) is 4.48. The van der Waals surface area contributed by atoms with Gasteiger partial charge in [0.25, 0.3) is 0 Å². The Balaban J connectivity index is 2.00. The number of carbonyl (C=O) groups excluding carboxylic acids is 1. The van der Waals surface area contributed by atoms with Gasteiger partial charge in [0.1, 0.15) is 0 Å². The van der Waals surface area contributed by atoms with E-state index in [0.29, 0.717) is 0 Å². The number of rotatable bonds is 6. The molecule has 1 heterocycles. The number of unbranched alkanes of at least 4 members (excludes halogenated alkanes) is 1. The molecule has 1 atom stereocenters. The van der Waals surface area contributed by atoms with E-state index in [1.165, 1.54) is 18.4 Å². The SMILES string of the molecule is CCCCc1ccc(N2CCC(NCC)C2=O)cc1. The second-order valence-electron chi connectivity index (χ2n) is 5.16. The molecule has 1 aromatic carbocycles. The summed E-state index contributed by atoms with van der Waals surface area (Å²) in [5.74, 6) is 0.211. The zero-order valence-electron chi connectivity index (χ0n) is 12.0. The summed E-state index contributed by atoms with van der Waals surface area (Å²) in [4.78, 5) is 14.1. The van der Waals surface area contributed by atoms with E-state index in [-0.39, 0.29) is 11.9 Å². The predicted octanol–water partition coefficient (Wildman–Crippen LogP) is 2.74. The van der Waals surface area contributed by atoms with Crippen molar-refractivity contribution in [3.8, 4) is 0 Å². The Labute approximate surface area is 116 Å². The van der Waals surface area contributed by atoms with Gasteiger partial charge in [-0.15, -0.1) is 0 Å². The smallest absolute Gasteiger partial charge is 0.244 e. The summed E-state index contributed by atoms with van der Waals surface area (Å²) in [6, 6.07) is 8.47. The maximum atomic E-state index is 12.2. The van der Waals surface area contributed by atoms with Crippen molar-refractivity contribution in [1.29, 1.82) is 0 Å². The molecule has 1 aliphatic heterocycles. The minimum Gasteiger partial charge on any atom is -0.311 e. The van der Waals surface area contributed by atoms with Gasteiger partial charge in [-0.2, -0.15) is 0 Å². The highest BCUT2D eigenvalue weighted by Gasteiger charge is 2.31. The molecule has 0 bridgehead atoms. The van der Waals surface area contributed by atoms with Crippen LogP contribution in [-0.2, 0) is 11.2 Å². The lowest BCUT2D eigenvalue weighted by atomic mass is 10.1. The van der Waals surface area contributed by atoms with Gasteiger partial charge in [-0.05, 0) is 43.5 Å². The summed E-state index contributed by atoms with van der Waals surface area (Å²) in [6.45, 7) is 5.92. The Morgan fingerprint density at radius 2 is 2.00 bits per heavy atom. The fourth-order valence-corrected chi connectivity index (χ4v) is 2.60. The van der Waals surface area contributed by atoms with Gasteiger partial charge >= 0.3 is 0 Å². The number of amides is 1. The van der Waals surface area contributed by atoms with Gasteiger partial charge in [0.2, 0.25) is 5.91 Å². The predicted molar refractivity (Wildman–Crippen MR) is 79.5 cm³/mol. The lowest BCUT2D eigenvalue weighted by molar-refractivity contribution is -0.118. The van der Waals surface area contributed by atoms with Crippen molar-refractivity contribution >= 4 is 11.6 Å². The van der Waals surface area contributed by atoms with Crippen LogP contribution in [0.15, 0.2) is 24.3 Å². The van der Waals surface area contributed by atoms with Crippen LogP contribution >= 0.6 is 0 Å². The van der Waals surface area contributed by atoms with Gasteiger partial charge in [0.05, 0.1) is 6.04 Å². The summed E-state index contributed by atoms with van der Waals surface area (Å²) in [7, 11) is 0. The molecule has 104 valence electrons. The van der Waals surface area contributed by atoms with Crippen molar-refractivity contribution in [2.24, 2.45) is 0 Å². The number of hydrogen-bond acceptors (Lipinski definition) is 2. The van der Waals surface area contributed by atoms with Gasteiger partial charge in [-0.1, -0.05) is 32.4 Å². The molecule has 2 rings (SSSR count). The van der Waals surface area contributed by atoms with E-state index in [0.717, 1.165) is 31.6 Å². The van der Waals surface area contributed by atoms with Gasteiger partial charge in [-0.3, -0.25) is 4.79 Å². The normalized spacial score (nSPS) is 19.2. The first kappa shape index (κ1) is 14.1. The fraction of sp³-hybridized carbons (Fsp3) is 0.562. The van der Waals surface area contributed by atoms with Gasteiger partial charge < -0.3 is 10.2 Å². The molecule has 1 saturated heterocycles. The molecule has 0 saturated carbocycles. The van der Waals surface area contributed by atoms with E-state index in [1.54, 1.807) is 0 Å². The molecule has 0 spiro atoms. The molecule has 19 heavy (non-hydrogen) atoms. The summed E-state index contributed by atoms with van der Waals surface area (Å²) in [5.41, 5.74) is 2.39. The highest BCUT2D eigenvalue weighted by atomic mass is 16.2. The monoisotopic (exact) mass is 260 g/mol. The van der Waals surface area contributed by atoms with Crippen LogP contribution < -0.4 is 10.2 Å². The molecule has 3 nitrogen and oxygen atoms in total. The number of nitrogens with one attached hydrogen (secondary N) is 1. The molecule has 0 radical (unpaired) electrons. The van der Waals surface area contributed by atoms with Gasteiger partial charge in [-0.25, -0.2) is 0 Å². The largest absolute Gasteiger partial charge is 0.311 e. The Hall–Kier alpha value is -1.35. The maximum absolute atomic E-state index is 12.2. The highest BCUT2D eigenvalue weighted by molar-refractivity contribution is 5.99. The number of anilines is 1. The first-order valence-electron chi connectivity index (χ1n) is 7.40. The minimum atomic E-state index is 0.00441. The first-order chi connectivity index (χ1) is 9.26. The molecule has 1 aromatic rings. The Morgan fingerprint density at radius 1 is 1.26 bits per heavy atom. The number of likely N-dealkylation sites (N-methyl/N-ethyl adjacent to an activating group) is 1. The van der Waals surface area contributed by atoms with Gasteiger partial charge in [0.15, 0.2) is 0 Å². The molecular formula is C16H24N2O. The Bertz CT molecular complexity index is 413. The number of aryl methyl sites for hydroxylation is 1. The van der Waals surface area contributed by atoms with E-state index in [9.17, 15) is 4.79 Å². The van der Waals surface area contributed by atoms with Crippen molar-refractivity contribution in [2.45, 2.75) is 45.6 Å². The lowest BCUT2D eigenvalue weighted by Gasteiger charge is -2.17. The zero-order chi connectivity index (χ0) is 13.7. The summed E-state index contributed by atoms with van der Waals surface area (Å²) < 4.78 is 0. The van der Waals surface area contributed by atoms with E-state index >= 15 is 0 Å². The second kappa shape index (κ2) is 6.71. The van der Waals surface area contributed by atoms with E-state index in [4.69, 9.17) is 0 Å². The van der Waals surface area contributed by atoms with Crippen LogP contribution in [-0.4, -0.2) is 25.0 Å². The zero-order valence-corrected chi connectivity index (χ0v) is 12.0. The van der Waals surface area contributed by atoms with Crippen LogP contribution in [0.4, 0.5) is 5.69 Å². The quantitative estimate of drug-likeness (QED) is 0.853. The van der Waals surface area contributed by atoms with Crippen LogP contribution in [0.5, 0.6) is 0 Å². The Morgan fingerprint density at radius 3 is 2.63 bits per heavy atom. The Kier molecular flexibility index (Phi) is 4.97. The van der Waals surface area contributed by atoms with Crippen molar-refractivity contribution in [2.75, 3.05) is 18.0 Å². The van der Waals surface area contributed by atoms with Crippen LogP contribution in [0.2, 0.25) is 0 Å². The third kappa shape index (κ3) is 3.35. The standard InChI is InChI=1S/C16H24N2O/c1-3-5-6-13-7-9-14(10-8-13)18-12-11-15(16(18)19)17-4-2/h7-10,15,17H,3-6,11-12H2,1-2H3. The molecule has 1 fully saturated rings. The van der Waals surface area contributed by atoms with E-state index < -0.39 is 0 Å². The second-order valence-corrected chi connectivity index (χ2v) is 5.16. The van der Waals surface area contributed by atoms with E-state index in [1.807, 2.05) is 11.8 Å². The van der Waals surface area contributed by atoms with Crippen molar-refractivity contribution < 1.29 is 4.79 Å². The van der Waals surface area contributed by atoms with Crippen LogP contribution in [0.1, 0.15) is 38.7 Å². The van der Waals surface area contributed by atoms with Crippen LogP contribution in [0, 0.1) is 0 Å². The molecule has 0 aromatic heterocycles. The third-order valence-electron chi connectivity index (χ3n) is 3.72. The topological polar surface area (TPSA) is 32.3 Å². The average molecular weight is 260 g/mol. The molecule has 3 heteroatoms. The van der Waals surface area contributed by atoms with Crippen molar-refractivity contribution in [3.05, 3.63) is 29.8 Å². The maximum Gasteiger partial charge on any atom is 0.244 e. The minimum absolute atomic E-state index is 0.00441. The highest BCUT2D eigenvalue weighted by Crippen LogP contribution is 2.22.